The Morgan fingerprint density at radius 3 is 1.87 bits per heavy atom. The van der Waals surface area contributed by atoms with Gasteiger partial charge in [0.05, 0.1) is 19.6 Å². The van der Waals surface area contributed by atoms with Gasteiger partial charge in [0, 0.05) is 0 Å². The topological polar surface area (TPSA) is 24.7 Å². The molecule has 0 unspecified atom stereocenters. The fourth-order valence-electron chi connectivity index (χ4n) is 3.40. The summed E-state index contributed by atoms with van der Waals surface area (Å²) in [5.41, 5.74) is 0.768. The lowest BCUT2D eigenvalue weighted by Gasteiger charge is -2.27. The van der Waals surface area contributed by atoms with Gasteiger partial charge in [0.15, 0.2) is 0 Å². The highest BCUT2D eigenvalue weighted by Crippen LogP contribution is 2.30. The summed E-state index contributed by atoms with van der Waals surface area (Å²) in [4.78, 5) is 1.62. The largest absolute Gasteiger partial charge is 0.377 e. The molecule has 1 fully saturated rings. The van der Waals surface area contributed by atoms with Crippen LogP contribution in [0.3, 0.4) is 0 Å². The third kappa shape index (κ3) is 3.90. The minimum absolute atomic E-state index is 0.913. The van der Waals surface area contributed by atoms with Crippen molar-refractivity contribution in [3.63, 3.8) is 0 Å². The third-order valence-electron chi connectivity index (χ3n) is 4.75. The van der Waals surface area contributed by atoms with E-state index in [-0.39, 0.29) is 0 Å². The molecule has 0 spiro atoms. The molecule has 0 aliphatic carbocycles. The van der Waals surface area contributed by atoms with Crippen molar-refractivity contribution in [2.45, 2.75) is 24.9 Å². The lowest BCUT2D eigenvalue weighted by atomic mass is 9.86. The molecule has 0 radical (unpaired) electrons. The van der Waals surface area contributed by atoms with Crippen LogP contribution in [0.4, 0.5) is 0 Å². The summed E-state index contributed by atoms with van der Waals surface area (Å²) < 4.78 is 0. The van der Waals surface area contributed by atoms with E-state index >= 15 is 0 Å². The highest BCUT2D eigenvalue weighted by Gasteiger charge is 2.28. The van der Waals surface area contributed by atoms with Gasteiger partial charge in [0.2, 0.25) is 0 Å². The van der Waals surface area contributed by atoms with E-state index in [1.165, 1.54) is 32.4 Å². The molecular formula is C21H26NO+. The molecule has 0 aromatic heterocycles. The second-order valence-corrected chi connectivity index (χ2v) is 6.42. The van der Waals surface area contributed by atoms with Crippen LogP contribution in [0.5, 0.6) is 0 Å². The molecule has 1 aliphatic rings. The molecule has 0 amide bonds. The summed E-state index contributed by atoms with van der Waals surface area (Å²) in [6, 6.07) is 19.8. The minimum atomic E-state index is -1.06. The monoisotopic (exact) mass is 308 g/mol. The zero-order valence-electron chi connectivity index (χ0n) is 13.6. The first-order chi connectivity index (χ1) is 11.3. The van der Waals surface area contributed by atoms with Crippen LogP contribution in [-0.2, 0) is 5.60 Å². The van der Waals surface area contributed by atoms with Gasteiger partial charge < -0.3 is 10.0 Å². The number of hydrogen-bond acceptors (Lipinski definition) is 1. The lowest BCUT2D eigenvalue weighted by molar-refractivity contribution is -0.899. The highest BCUT2D eigenvalue weighted by molar-refractivity contribution is 5.40. The Bertz CT molecular complexity index is 575. The third-order valence-corrected chi connectivity index (χ3v) is 4.75. The molecule has 2 N–H and O–H groups in total. The average molecular weight is 308 g/mol. The normalized spacial score (nSPS) is 16.7. The summed E-state index contributed by atoms with van der Waals surface area (Å²) >= 11 is 0. The molecule has 2 nitrogen and oxygen atoms in total. The molecule has 2 heteroatoms. The molecule has 2 aromatic carbocycles. The van der Waals surface area contributed by atoms with Crippen molar-refractivity contribution in [3.05, 3.63) is 83.9 Å². The molecule has 2 aromatic rings. The van der Waals surface area contributed by atoms with E-state index in [9.17, 15) is 5.11 Å². The number of quaternary nitrogens is 1. The summed E-state index contributed by atoms with van der Waals surface area (Å²) in [6.45, 7) is 3.49. The fraction of sp³-hybridized carbons (Fsp3) is 0.333. The van der Waals surface area contributed by atoms with E-state index in [2.05, 4.69) is 6.08 Å². The van der Waals surface area contributed by atoms with Gasteiger partial charge in [-0.05, 0) is 42.5 Å². The molecule has 0 atom stereocenters. The summed E-state index contributed by atoms with van der Waals surface area (Å²) in [7, 11) is 0. The van der Waals surface area contributed by atoms with Crippen molar-refractivity contribution >= 4 is 0 Å². The number of hydrogen-bond donors (Lipinski definition) is 2. The number of nitrogens with one attached hydrogen (secondary N) is 1. The molecule has 3 rings (SSSR count). The van der Waals surface area contributed by atoms with Crippen LogP contribution in [0.15, 0.2) is 72.8 Å². The highest BCUT2D eigenvalue weighted by atomic mass is 16.3. The Labute approximate surface area is 139 Å². The molecule has 1 heterocycles. The van der Waals surface area contributed by atoms with Crippen LogP contribution in [0.2, 0.25) is 0 Å². The maximum absolute atomic E-state index is 11.4. The SMILES string of the molecule is OC(/C=C/C[NH+]1CCCCC1)(c1ccccc1)c1ccccc1. The fourth-order valence-corrected chi connectivity index (χ4v) is 3.40. The van der Waals surface area contributed by atoms with Crippen LogP contribution in [0.1, 0.15) is 30.4 Å². The minimum Gasteiger partial charge on any atom is -0.377 e. The van der Waals surface area contributed by atoms with E-state index in [1.54, 1.807) is 4.90 Å². The van der Waals surface area contributed by atoms with E-state index < -0.39 is 5.60 Å². The smallest absolute Gasteiger partial charge is 0.133 e. The van der Waals surface area contributed by atoms with E-state index in [4.69, 9.17) is 0 Å². The molecule has 120 valence electrons. The Morgan fingerprint density at radius 2 is 1.35 bits per heavy atom. The Hall–Kier alpha value is -1.90. The predicted molar refractivity (Wildman–Crippen MR) is 94.4 cm³/mol. The molecule has 1 aliphatic heterocycles. The zero-order chi connectivity index (χ0) is 16.0. The van der Waals surface area contributed by atoms with Gasteiger partial charge in [0.25, 0.3) is 0 Å². The Balaban J connectivity index is 1.83. The second-order valence-electron chi connectivity index (χ2n) is 6.42. The zero-order valence-corrected chi connectivity index (χ0v) is 13.6. The summed E-state index contributed by atoms with van der Waals surface area (Å²) in [5, 5.41) is 11.4. The molecule has 0 bridgehead atoms. The number of aliphatic hydroxyl groups is 1. The van der Waals surface area contributed by atoms with Crippen molar-refractivity contribution in [2.24, 2.45) is 0 Å². The van der Waals surface area contributed by atoms with Gasteiger partial charge >= 0.3 is 0 Å². The van der Waals surface area contributed by atoms with Gasteiger partial charge in [-0.25, -0.2) is 0 Å². The standard InChI is InChI=1S/C21H25NO/c23-21(19-11-4-1-5-12-19,20-13-6-2-7-14-20)15-10-18-22-16-8-3-9-17-22/h1-2,4-7,10-15,23H,3,8-9,16-18H2/p+1/b15-10+. The van der Waals surface area contributed by atoms with Crippen LogP contribution >= 0.6 is 0 Å². The number of likely N-dealkylation sites (tertiary alicyclic amines) is 1. The molecule has 23 heavy (non-hydrogen) atoms. The quantitative estimate of drug-likeness (QED) is 0.815. The lowest BCUT2D eigenvalue weighted by Crippen LogP contribution is -3.12. The first-order valence-corrected chi connectivity index (χ1v) is 8.64. The average Bonchev–Trinajstić information content (AvgIpc) is 2.64. The first kappa shape index (κ1) is 16.0. The second kappa shape index (κ2) is 7.58. The van der Waals surface area contributed by atoms with Gasteiger partial charge in [-0.2, -0.15) is 0 Å². The molecular weight excluding hydrogens is 282 g/mol. The Kier molecular flexibility index (Phi) is 5.27. The number of benzene rings is 2. The van der Waals surface area contributed by atoms with Crippen molar-refractivity contribution in [1.82, 2.24) is 0 Å². The summed E-state index contributed by atoms with van der Waals surface area (Å²) in [6.07, 6.45) is 8.14. The van der Waals surface area contributed by atoms with Crippen LogP contribution < -0.4 is 4.90 Å². The molecule has 1 saturated heterocycles. The van der Waals surface area contributed by atoms with Gasteiger partial charge in [0.1, 0.15) is 5.60 Å². The van der Waals surface area contributed by atoms with E-state index in [1.807, 2.05) is 66.7 Å². The van der Waals surface area contributed by atoms with Crippen LogP contribution in [0.25, 0.3) is 0 Å². The first-order valence-electron chi connectivity index (χ1n) is 8.64. The van der Waals surface area contributed by atoms with Gasteiger partial charge in [-0.1, -0.05) is 60.7 Å². The van der Waals surface area contributed by atoms with Crippen LogP contribution in [-0.4, -0.2) is 24.7 Å². The number of piperidine rings is 1. The predicted octanol–water partition coefficient (Wildman–Crippen LogP) is 2.55. The Morgan fingerprint density at radius 1 is 0.826 bits per heavy atom. The maximum Gasteiger partial charge on any atom is 0.133 e. The molecule has 0 saturated carbocycles. The van der Waals surface area contributed by atoms with Gasteiger partial charge in [-0.3, -0.25) is 0 Å². The van der Waals surface area contributed by atoms with Crippen molar-refractivity contribution in [1.29, 1.82) is 0 Å². The van der Waals surface area contributed by atoms with Crippen molar-refractivity contribution in [3.8, 4) is 0 Å². The number of rotatable bonds is 5. The van der Waals surface area contributed by atoms with Crippen molar-refractivity contribution < 1.29 is 10.0 Å². The maximum atomic E-state index is 11.4. The summed E-state index contributed by atoms with van der Waals surface area (Å²) in [5.74, 6) is 0. The van der Waals surface area contributed by atoms with E-state index in [0.29, 0.717) is 0 Å². The van der Waals surface area contributed by atoms with Gasteiger partial charge in [-0.15, -0.1) is 0 Å². The van der Waals surface area contributed by atoms with Crippen molar-refractivity contribution in [2.75, 3.05) is 19.6 Å². The van der Waals surface area contributed by atoms with Crippen LogP contribution in [0, 0.1) is 0 Å². The van der Waals surface area contributed by atoms with E-state index in [0.717, 1.165) is 17.7 Å².